The lowest BCUT2D eigenvalue weighted by Gasteiger charge is -2.17. The highest BCUT2D eigenvalue weighted by molar-refractivity contribution is 5.70. The summed E-state index contributed by atoms with van der Waals surface area (Å²) in [7, 11) is 0. The molecule has 0 aromatic rings. The molecule has 0 bridgehead atoms. The van der Waals surface area contributed by atoms with Gasteiger partial charge in [0, 0.05) is 19.3 Å². The van der Waals surface area contributed by atoms with Crippen LogP contribution < -0.4 is 0 Å². The average Bonchev–Trinajstić information content (AvgIpc) is 3.31. The van der Waals surface area contributed by atoms with Crippen LogP contribution in [0.3, 0.4) is 0 Å². The summed E-state index contributed by atoms with van der Waals surface area (Å²) in [4.78, 5) is 37.8. The van der Waals surface area contributed by atoms with Crippen LogP contribution in [0.5, 0.6) is 0 Å². The number of rotatable bonds is 53. The van der Waals surface area contributed by atoms with Crippen LogP contribution in [0.4, 0.5) is 0 Å². The lowest BCUT2D eigenvalue weighted by Crippen LogP contribution is -2.19. The number of carbonyl (C=O) groups is 3. The van der Waals surface area contributed by atoms with E-state index >= 15 is 0 Å². The van der Waals surface area contributed by atoms with Gasteiger partial charge < -0.3 is 14.2 Å². The van der Waals surface area contributed by atoms with Crippen molar-refractivity contribution in [1.82, 2.24) is 0 Å². The summed E-state index contributed by atoms with van der Waals surface area (Å²) in [6.07, 6.45) is 64.5. The molecule has 0 saturated heterocycles. The molecule has 0 aromatic heterocycles. The first-order valence-electron chi connectivity index (χ1n) is 28.9. The minimum atomic E-state index is -0.167. The molecular formula is C60H110O6. The Bertz CT molecular complexity index is 1050. The van der Waals surface area contributed by atoms with Gasteiger partial charge in [0.1, 0.15) is 0 Å². The molecular weight excluding hydrogens is 817 g/mol. The first-order valence-corrected chi connectivity index (χ1v) is 28.9. The topological polar surface area (TPSA) is 78.9 Å². The summed E-state index contributed by atoms with van der Waals surface area (Å²) in [5.74, 6) is -0.499. The number of hydrogen-bond acceptors (Lipinski definition) is 6. The number of hydrogen-bond donors (Lipinski definition) is 0. The summed E-state index contributed by atoms with van der Waals surface area (Å²) >= 11 is 0. The maximum atomic E-state index is 12.7. The second-order valence-electron chi connectivity index (χ2n) is 19.6. The Hall–Kier alpha value is -2.37. The summed E-state index contributed by atoms with van der Waals surface area (Å²) in [6, 6.07) is 0. The van der Waals surface area contributed by atoms with E-state index in [0.29, 0.717) is 45.3 Å². The van der Waals surface area contributed by atoms with Crippen LogP contribution in [0.2, 0.25) is 0 Å². The first kappa shape index (κ1) is 63.6. The molecule has 0 aliphatic rings. The van der Waals surface area contributed by atoms with Crippen LogP contribution >= 0.6 is 0 Å². The molecule has 6 heteroatoms. The fourth-order valence-corrected chi connectivity index (χ4v) is 8.44. The Morgan fingerprint density at radius 1 is 0.303 bits per heavy atom. The second kappa shape index (κ2) is 55.2. The summed E-state index contributed by atoms with van der Waals surface area (Å²) in [5, 5.41) is 0. The maximum absolute atomic E-state index is 12.7. The Labute approximate surface area is 410 Å². The van der Waals surface area contributed by atoms with Crippen molar-refractivity contribution in [3.8, 4) is 0 Å². The molecule has 0 aliphatic carbocycles. The van der Waals surface area contributed by atoms with Crippen molar-refractivity contribution in [2.45, 2.75) is 303 Å². The minimum Gasteiger partial charge on any atom is -0.466 e. The molecule has 0 aliphatic heterocycles. The molecule has 0 atom stereocenters. The number of ether oxygens (including phenoxy) is 3. The molecule has 0 unspecified atom stereocenters. The zero-order valence-electron chi connectivity index (χ0n) is 44.2. The molecule has 0 amide bonds. The van der Waals surface area contributed by atoms with Gasteiger partial charge in [-0.2, -0.15) is 0 Å². The SMILES string of the molecule is CCCCCCCC/C=C\CCCCCCCC(=O)OCCC(CCOC(=O)CCCCCCC/C=C\CCCCCCCC)COC(=O)CCCCCCC/C=C\CCCCCCCC. The number of allylic oxidation sites excluding steroid dienone is 6. The van der Waals surface area contributed by atoms with Crippen LogP contribution in [0, 0.1) is 5.92 Å². The van der Waals surface area contributed by atoms with Crippen molar-refractivity contribution in [2.24, 2.45) is 5.92 Å². The lowest BCUT2D eigenvalue weighted by atomic mass is 10.0. The minimum absolute atomic E-state index is 0.0247. The highest BCUT2D eigenvalue weighted by Gasteiger charge is 2.15. The zero-order valence-corrected chi connectivity index (χ0v) is 44.2. The van der Waals surface area contributed by atoms with E-state index in [1.165, 1.54) is 173 Å². The molecule has 66 heavy (non-hydrogen) atoms. The van der Waals surface area contributed by atoms with E-state index in [-0.39, 0.29) is 30.4 Å². The molecule has 386 valence electrons. The van der Waals surface area contributed by atoms with Crippen molar-refractivity contribution in [3.05, 3.63) is 36.5 Å². The smallest absolute Gasteiger partial charge is 0.305 e. The van der Waals surface area contributed by atoms with Crippen molar-refractivity contribution >= 4 is 17.9 Å². The Morgan fingerprint density at radius 2 is 0.530 bits per heavy atom. The molecule has 0 saturated carbocycles. The molecule has 0 radical (unpaired) electrons. The standard InChI is InChI=1S/C60H110O6/c1-4-7-10-13-16-19-22-25-28-31-34-37-40-43-46-49-58(61)64-54-52-57(56-66-60(63)51-48-45-42-39-36-33-30-27-24-21-18-15-12-9-6-3)53-55-65-59(62)50-47-44-41-38-35-32-29-26-23-20-17-14-11-8-5-2/h25-30,57H,4-24,31-56H2,1-3H3/b28-25-,29-26-,30-27-. The lowest BCUT2D eigenvalue weighted by molar-refractivity contribution is -0.149. The average molecular weight is 928 g/mol. The fourth-order valence-electron chi connectivity index (χ4n) is 8.44. The van der Waals surface area contributed by atoms with Gasteiger partial charge in [-0.25, -0.2) is 0 Å². The van der Waals surface area contributed by atoms with Crippen molar-refractivity contribution in [1.29, 1.82) is 0 Å². The molecule has 0 spiro atoms. The van der Waals surface area contributed by atoms with E-state index in [2.05, 4.69) is 57.2 Å². The Kier molecular flexibility index (Phi) is 53.2. The van der Waals surface area contributed by atoms with Gasteiger partial charge in [-0.1, -0.05) is 211 Å². The van der Waals surface area contributed by atoms with Gasteiger partial charge in [0.2, 0.25) is 0 Å². The third-order valence-electron chi connectivity index (χ3n) is 13.0. The third-order valence-corrected chi connectivity index (χ3v) is 13.0. The van der Waals surface area contributed by atoms with E-state index in [9.17, 15) is 14.4 Å². The molecule has 0 heterocycles. The van der Waals surface area contributed by atoms with Crippen molar-refractivity contribution in [2.75, 3.05) is 19.8 Å². The van der Waals surface area contributed by atoms with Gasteiger partial charge in [-0.3, -0.25) is 14.4 Å². The highest BCUT2D eigenvalue weighted by atomic mass is 16.5. The van der Waals surface area contributed by atoms with Gasteiger partial charge >= 0.3 is 17.9 Å². The van der Waals surface area contributed by atoms with Crippen LogP contribution in [0.15, 0.2) is 36.5 Å². The number of carbonyl (C=O) groups excluding carboxylic acids is 3. The van der Waals surface area contributed by atoms with Gasteiger partial charge in [0.05, 0.1) is 19.8 Å². The van der Waals surface area contributed by atoms with Gasteiger partial charge in [-0.05, 0) is 115 Å². The van der Waals surface area contributed by atoms with Crippen LogP contribution in [0.25, 0.3) is 0 Å². The molecule has 0 rings (SSSR count). The molecule has 0 fully saturated rings. The number of unbranched alkanes of at least 4 members (excludes halogenated alkanes) is 33. The van der Waals surface area contributed by atoms with E-state index in [0.717, 1.165) is 77.0 Å². The predicted molar refractivity (Wildman–Crippen MR) is 284 cm³/mol. The van der Waals surface area contributed by atoms with Crippen LogP contribution in [0.1, 0.15) is 303 Å². The predicted octanol–water partition coefficient (Wildman–Crippen LogP) is 19.1. The first-order chi connectivity index (χ1) is 32.5. The van der Waals surface area contributed by atoms with E-state index in [1.54, 1.807) is 0 Å². The fraction of sp³-hybridized carbons (Fsp3) is 0.850. The summed E-state index contributed by atoms with van der Waals surface area (Å²) in [5.41, 5.74) is 0. The monoisotopic (exact) mass is 927 g/mol. The van der Waals surface area contributed by atoms with E-state index in [4.69, 9.17) is 14.2 Å². The molecule has 6 nitrogen and oxygen atoms in total. The van der Waals surface area contributed by atoms with E-state index in [1.807, 2.05) is 0 Å². The van der Waals surface area contributed by atoms with Gasteiger partial charge in [-0.15, -0.1) is 0 Å². The molecule has 0 N–H and O–H groups in total. The van der Waals surface area contributed by atoms with Crippen LogP contribution in [-0.4, -0.2) is 37.7 Å². The van der Waals surface area contributed by atoms with Crippen molar-refractivity contribution in [3.63, 3.8) is 0 Å². The number of esters is 3. The Balaban J connectivity index is 4.36. The summed E-state index contributed by atoms with van der Waals surface area (Å²) < 4.78 is 17.0. The van der Waals surface area contributed by atoms with E-state index < -0.39 is 0 Å². The maximum Gasteiger partial charge on any atom is 0.305 e. The van der Waals surface area contributed by atoms with Gasteiger partial charge in [0.15, 0.2) is 0 Å². The quantitative estimate of drug-likeness (QED) is 0.0262. The molecule has 0 aromatic carbocycles. The largest absolute Gasteiger partial charge is 0.466 e. The second-order valence-corrected chi connectivity index (χ2v) is 19.6. The van der Waals surface area contributed by atoms with Crippen LogP contribution in [-0.2, 0) is 28.6 Å². The van der Waals surface area contributed by atoms with Gasteiger partial charge in [0.25, 0.3) is 0 Å². The summed E-state index contributed by atoms with van der Waals surface area (Å²) in [6.45, 7) is 7.66. The Morgan fingerprint density at radius 3 is 0.803 bits per heavy atom. The van der Waals surface area contributed by atoms with Crippen molar-refractivity contribution < 1.29 is 28.6 Å². The highest BCUT2D eigenvalue weighted by Crippen LogP contribution is 2.16. The zero-order chi connectivity index (χ0) is 47.9. The third kappa shape index (κ3) is 52.6. The normalized spacial score (nSPS) is 11.8.